The summed E-state index contributed by atoms with van der Waals surface area (Å²) in [5.41, 5.74) is 1.66. The van der Waals surface area contributed by atoms with E-state index in [2.05, 4.69) is 29.0 Å². The first kappa shape index (κ1) is 18.8. The maximum atomic E-state index is 12.2. The van der Waals surface area contributed by atoms with Gasteiger partial charge in [-0.1, -0.05) is 26.0 Å². The number of pyridine rings is 1. The molecule has 25 heavy (non-hydrogen) atoms. The van der Waals surface area contributed by atoms with Crippen LogP contribution in [-0.2, 0) is 11.2 Å². The number of anilines is 2. The third kappa shape index (κ3) is 5.78. The van der Waals surface area contributed by atoms with Crippen LogP contribution >= 0.6 is 0 Å². The fraction of sp³-hybridized carbons (Fsp3) is 0.400. The van der Waals surface area contributed by atoms with Gasteiger partial charge < -0.3 is 15.0 Å². The minimum absolute atomic E-state index is 0.0568. The van der Waals surface area contributed by atoms with Crippen LogP contribution in [0, 0.1) is 0 Å². The summed E-state index contributed by atoms with van der Waals surface area (Å²) < 4.78 is 5.12. The van der Waals surface area contributed by atoms with Crippen molar-refractivity contribution in [2.24, 2.45) is 0 Å². The lowest BCUT2D eigenvalue weighted by molar-refractivity contribution is -0.115. The number of methoxy groups -OCH3 is 1. The molecule has 0 aliphatic carbocycles. The normalized spacial score (nSPS) is 10.4. The molecule has 0 saturated heterocycles. The van der Waals surface area contributed by atoms with E-state index in [1.807, 2.05) is 36.4 Å². The molecule has 0 aliphatic heterocycles. The Morgan fingerprint density at radius 1 is 1.08 bits per heavy atom. The molecule has 2 aromatic rings. The lowest BCUT2D eigenvalue weighted by Crippen LogP contribution is -2.25. The van der Waals surface area contributed by atoms with Crippen LogP contribution in [0.3, 0.4) is 0 Å². The van der Waals surface area contributed by atoms with Crippen molar-refractivity contribution in [3.8, 4) is 5.75 Å². The summed E-state index contributed by atoms with van der Waals surface area (Å²) in [5.74, 6) is 1.68. The molecule has 0 aliphatic rings. The van der Waals surface area contributed by atoms with Gasteiger partial charge in [-0.3, -0.25) is 4.79 Å². The van der Waals surface area contributed by atoms with Crippen LogP contribution in [0.4, 0.5) is 11.5 Å². The number of carbonyl (C=O) groups is 1. The first-order valence-corrected chi connectivity index (χ1v) is 8.80. The summed E-state index contributed by atoms with van der Waals surface area (Å²) in [6.45, 7) is 6.31. The number of aromatic nitrogens is 1. The van der Waals surface area contributed by atoms with Gasteiger partial charge in [-0.2, -0.15) is 0 Å². The Kier molecular flexibility index (Phi) is 7.26. The SMILES string of the molecule is CCCN(CCC)c1ccc(NC(=O)Cc2ccc(OC)cc2)cn1. The van der Waals surface area contributed by atoms with Gasteiger partial charge in [0.05, 0.1) is 25.4 Å². The molecule has 0 bridgehead atoms. The van der Waals surface area contributed by atoms with Gasteiger partial charge in [0.1, 0.15) is 11.6 Å². The molecule has 2 rings (SSSR count). The minimum atomic E-state index is -0.0568. The predicted molar refractivity (Wildman–Crippen MR) is 102 cm³/mol. The Balaban J connectivity index is 1.93. The average Bonchev–Trinajstić information content (AvgIpc) is 2.63. The van der Waals surface area contributed by atoms with E-state index >= 15 is 0 Å². The zero-order valence-corrected chi connectivity index (χ0v) is 15.3. The maximum absolute atomic E-state index is 12.2. The highest BCUT2D eigenvalue weighted by atomic mass is 16.5. The number of ether oxygens (including phenoxy) is 1. The number of amides is 1. The smallest absolute Gasteiger partial charge is 0.228 e. The van der Waals surface area contributed by atoms with Gasteiger partial charge in [0.25, 0.3) is 0 Å². The Labute approximate surface area is 150 Å². The first-order valence-electron chi connectivity index (χ1n) is 8.80. The molecule has 5 heteroatoms. The van der Waals surface area contributed by atoms with Gasteiger partial charge in [0.15, 0.2) is 0 Å². The number of carbonyl (C=O) groups excluding carboxylic acids is 1. The molecule has 5 nitrogen and oxygen atoms in total. The standard InChI is InChI=1S/C20H27N3O2/c1-4-12-23(13-5-2)19-11-8-17(15-21-19)22-20(24)14-16-6-9-18(25-3)10-7-16/h6-11,15H,4-5,12-14H2,1-3H3,(H,22,24). The molecule has 1 amide bonds. The molecule has 0 saturated carbocycles. The first-order chi connectivity index (χ1) is 12.2. The second-order valence-corrected chi connectivity index (χ2v) is 5.97. The molecular formula is C20H27N3O2. The summed E-state index contributed by atoms with van der Waals surface area (Å²) in [7, 11) is 1.63. The van der Waals surface area contributed by atoms with Crippen LogP contribution in [0.1, 0.15) is 32.3 Å². The van der Waals surface area contributed by atoms with Gasteiger partial charge in [0, 0.05) is 13.1 Å². The lowest BCUT2D eigenvalue weighted by Gasteiger charge is -2.22. The predicted octanol–water partition coefficient (Wildman–Crippen LogP) is 3.90. The van der Waals surface area contributed by atoms with Gasteiger partial charge in [-0.05, 0) is 42.7 Å². The molecule has 0 spiro atoms. The highest BCUT2D eigenvalue weighted by Gasteiger charge is 2.08. The van der Waals surface area contributed by atoms with E-state index in [4.69, 9.17) is 4.74 Å². The molecule has 1 heterocycles. The van der Waals surface area contributed by atoms with Crippen molar-refractivity contribution in [2.75, 3.05) is 30.4 Å². The molecule has 1 aromatic heterocycles. The topological polar surface area (TPSA) is 54.5 Å². The van der Waals surface area contributed by atoms with Crippen LogP contribution in [0.2, 0.25) is 0 Å². The second-order valence-electron chi connectivity index (χ2n) is 5.97. The third-order valence-electron chi connectivity index (χ3n) is 3.87. The number of hydrogen-bond acceptors (Lipinski definition) is 4. The van der Waals surface area contributed by atoms with E-state index in [0.29, 0.717) is 6.42 Å². The van der Waals surface area contributed by atoms with Crippen molar-refractivity contribution < 1.29 is 9.53 Å². The van der Waals surface area contributed by atoms with E-state index in [9.17, 15) is 4.79 Å². The van der Waals surface area contributed by atoms with Crippen LogP contribution in [0.5, 0.6) is 5.75 Å². The van der Waals surface area contributed by atoms with Crippen molar-refractivity contribution in [3.63, 3.8) is 0 Å². The van der Waals surface area contributed by atoms with Crippen LogP contribution < -0.4 is 15.0 Å². The van der Waals surface area contributed by atoms with E-state index in [0.717, 1.165) is 48.7 Å². The number of nitrogens with zero attached hydrogens (tertiary/aromatic N) is 2. The molecule has 0 unspecified atom stereocenters. The fourth-order valence-corrected chi connectivity index (χ4v) is 2.66. The third-order valence-corrected chi connectivity index (χ3v) is 3.87. The van der Waals surface area contributed by atoms with Gasteiger partial charge in [-0.25, -0.2) is 4.98 Å². The van der Waals surface area contributed by atoms with Gasteiger partial charge in [-0.15, -0.1) is 0 Å². The zero-order chi connectivity index (χ0) is 18.1. The fourth-order valence-electron chi connectivity index (χ4n) is 2.66. The largest absolute Gasteiger partial charge is 0.497 e. The van der Waals surface area contributed by atoms with E-state index in [1.165, 1.54) is 0 Å². The number of nitrogens with one attached hydrogen (secondary N) is 1. The second kappa shape index (κ2) is 9.67. The highest BCUT2D eigenvalue weighted by Crippen LogP contribution is 2.16. The van der Waals surface area contributed by atoms with Crippen LogP contribution in [-0.4, -0.2) is 31.1 Å². The monoisotopic (exact) mass is 341 g/mol. The minimum Gasteiger partial charge on any atom is -0.497 e. The van der Waals surface area contributed by atoms with E-state index in [-0.39, 0.29) is 5.91 Å². The van der Waals surface area contributed by atoms with Crippen molar-refractivity contribution in [2.45, 2.75) is 33.1 Å². The molecule has 134 valence electrons. The average molecular weight is 341 g/mol. The van der Waals surface area contributed by atoms with Crippen molar-refractivity contribution in [1.29, 1.82) is 0 Å². The van der Waals surface area contributed by atoms with Crippen molar-refractivity contribution in [1.82, 2.24) is 4.98 Å². The summed E-state index contributed by atoms with van der Waals surface area (Å²) in [5, 5.41) is 2.90. The van der Waals surface area contributed by atoms with Crippen LogP contribution in [0.25, 0.3) is 0 Å². The van der Waals surface area contributed by atoms with E-state index < -0.39 is 0 Å². The Morgan fingerprint density at radius 2 is 1.76 bits per heavy atom. The Bertz CT molecular complexity index is 648. The molecule has 0 atom stereocenters. The maximum Gasteiger partial charge on any atom is 0.228 e. The highest BCUT2D eigenvalue weighted by molar-refractivity contribution is 5.92. The van der Waals surface area contributed by atoms with E-state index in [1.54, 1.807) is 13.3 Å². The van der Waals surface area contributed by atoms with Gasteiger partial charge >= 0.3 is 0 Å². The summed E-state index contributed by atoms with van der Waals surface area (Å²) >= 11 is 0. The van der Waals surface area contributed by atoms with Crippen LogP contribution in [0.15, 0.2) is 42.6 Å². The summed E-state index contributed by atoms with van der Waals surface area (Å²) in [6, 6.07) is 11.4. The molecule has 0 fully saturated rings. The Morgan fingerprint density at radius 3 is 2.28 bits per heavy atom. The van der Waals surface area contributed by atoms with Gasteiger partial charge in [0.2, 0.25) is 5.91 Å². The van der Waals surface area contributed by atoms with Crippen molar-refractivity contribution >= 4 is 17.4 Å². The number of benzene rings is 1. The summed E-state index contributed by atoms with van der Waals surface area (Å²) in [6.07, 6.45) is 4.22. The Hall–Kier alpha value is -2.56. The molecular weight excluding hydrogens is 314 g/mol. The lowest BCUT2D eigenvalue weighted by atomic mass is 10.1. The quantitative estimate of drug-likeness (QED) is 0.751. The summed E-state index contributed by atoms with van der Waals surface area (Å²) in [4.78, 5) is 18.9. The number of rotatable bonds is 9. The number of hydrogen-bond donors (Lipinski definition) is 1. The molecule has 1 aromatic carbocycles. The molecule has 1 N–H and O–H groups in total. The molecule has 0 radical (unpaired) electrons. The zero-order valence-electron chi connectivity index (χ0n) is 15.3. The van der Waals surface area contributed by atoms with Crippen molar-refractivity contribution in [3.05, 3.63) is 48.2 Å².